The standard InChI is InChI=1S/C12H16N2O/c1-8-7-12(15)9-5-3-4-6-10(9)14(2)11(12)13-8/h3-6,8,11,13,15H,7H2,1-2H3/t8-,11-,12+/m1/s1. The van der Waals surface area contributed by atoms with Gasteiger partial charge in [-0.2, -0.15) is 0 Å². The van der Waals surface area contributed by atoms with Gasteiger partial charge in [-0.3, -0.25) is 5.32 Å². The number of nitrogens with one attached hydrogen (secondary N) is 1. The second-order valence-electron chi connectivity index (χ2n) is 4.73. The Balaban J connectivity index is 2.16. The molecule has 3 heteroatoms. The summed E-state index contributed by atoms with van der Waals surface area (Å²) in [6.45, 7) is 2.12. The number of hydrogen-bond donors (Lipinski definition) is 2. The summed E-state index contributed by atoms with van der Waals surface area (Å²) < 4.78 is 0. The SMILES string of the molecule is C[C@@H]1C[C@]2(O)c3ccccc3N(C)[C@H]2N1. The zero-order chi connectivity index (χ0) is 10.6. The molecule has 2 aliphatic heterocycles. The van der Waals surface area contributed by atoms with Gasteiger partial charge >= 0.3 is 0 Å². The number of anilines is 1. The first-order valence-corrected chi connectivity index (χ1v) is 5.44. The fourth-order valence-electron chi connectivity index (χ4n) is 3.02. The first-order valence-electron chi connectivity index (χ1n) is 5.44. The van der Waals surface area contributed by atoms with E-state index in [2.05, 4.69) is 23.2 Å². The quantitative estimate of drug-likeness (QED) is 0.662. The molecule has 2 aliphatic rings. The van der Waals surface area contributed by atoms with Gasteiger partial charge in [-0.05, 0) is 19.4 Å². The molecule has 2 N–H and O–H groups in total. The zero-order valence-corrected chi connectivity index (χ0v) is 9.07. The van der Waals surface area contributed by atoms with Crippen LogP contribution >= 0.6 is 0 Å². The van der Waals surface area contributed by atoms with Crippen LogP contribution in [0.2, 0.25) is 0 Å². The van der Waals surface area contributed by atoms with E-state index >= 15 is 0 Å². The number of likely N-dealkylation sites (N-methyl/N-ethyl adjacent to an activating group) is 1. The van der Waals surface area contributed by atoms with Crippen molar-refractivity contribution in [3.8, 4) is 0 Å². The molecular formula is C12H16N2O. The third-order valence-electron chi connectivity index (χ3n) is 3.65. The van der Waals surface area contributed by atoms with Gasteiger partial charge in [0.1, 0.15) is 11.8 Å². The number of benzene rings is 1. The summed E-state index contributed by atoms with van der Waals surface area (Å²) in [5.41, 5.74) is 1.50. The van der Waals surface area contributed by atoms with E-state index in [0.29, 0.717) is 6.04 Å². The second kappa shape index (κ2) is 2.74. The first kappa shape index (κ1) is 9.19. The van der Waals surface area contributed by atoms with Crippen LogP contribution < -0.4 is 10.2 Å². The average Bonchev–Trinajstić information content (AvgIpc) is 2.62. The van der Waals surface area contributed by atoms with Gasteiger partial charge in [-0.25, -0.2) is 0 Å². The fourth-order valence-corrected chi connectivity index (χ4v) is 3.02. The van der Waals surface area contributed by atoms with E-state index in [0.717, 1.165) is 17.7 Å². The van der Waals surface area contributed by atoms with Gasteiger partial charge in [0.25, 0.3) is 0 Å². The number of rotatable bonds is 0. The lowest BCUT2D eigenvalue weighted by Crippen LogP contribution is -2.46. The average molecular weight is 204 g/mol. The molecule has 1 fully saturated rings. The molecule has 0 saturated carbocycles. The van der Waals surface area contributed by atoms with Gasteiger partial charge in [0.15, 0.2) is 0 Å². The maximum absolute atomic E-state index is 10.7. The summed E-state index contributed by atoms with van der Waals surface area (Å²) >= 11 is 0. The maximum Gasteiger partial charge on any atom is 0.127 e. The Morgan fingerprint density at radius 3 is 3.00 bits per heavy atom. The minimum absolute atomic E-state index is 0.0323. The fraction of sp³-hybridized carbons (Fsp3) is 0.500. The zero-order valence-electron chi connectivity index (χ0n) is 9.07. The van der Waals surface area contributed by atoms with Gasteiger partial charge in [0, 0.05) is 24.3 Å². The van der Waals surface area contributed by atoms with Crippen molar-refractivity contribution in [1.82, 2.24) is 5.32 Å². The molecule has 0 aliphatic carbocycles. The molecule has 0 spiro atoms. The van der Waals surface area contributed by atoms with Crippen LogP contribution in [0.3, 0.4) is 0 Å². The Morgan fingerprint density at radius 1 is 1.47 bits per heavy atom. The van der Waals surface area contributed by atoms with Crippen LogP contribution in [0.15, 0.2) is 24.3 Å². The molecule has 0 aromatic heterocycles. The van der Waals surface area contributed by atoms with Crippen molar-refractivity contribution in [3.05, 3.63) is 29.8 Å². The lowest BCUT2D eigenvalue weighted by molar-refractivity contribution is 0.0339. The normalized spacial score (nSPS) is 37.9. The van der Waals surface area contributed by atoms with Gasteiger partial charge in [-0.1, -0.05) is 18.2 Å². The van der Waals surface area contributed by atoms with E-state index in [1.807, 2.05) is 25.2 Å². The molecule has 0 amide bonds. The topological polar surface area (TPSA) is 35.5 Å². The number of nitrogens with zero attached hydrogens (tertiary/aromatic N) is 1. The molecule has 1 saturated heterocycles. The molecule has 3 atom stereocenters. The van der Waals surface area contributed by atoms with Crippen molar-refractivity contribution in [3.63, 3.8) is 0 Å². The van der Waals surface area contributed by atoms with Crippen LogP contribution in [0.1, 0.15) is 18.9 Å². The van der Waals surface area contributed by atoms with E-state index in [1.165, 1.54) is 0 Å². The number of aliphatic hydroxyl groups is 1. The lowest BCUT2D eigenvalue weighted by atomic mass is 9.91. The largest absolute Gasteiger partial charge is 0.381 e. The Bertz CT molecular complexity index is 406. The highest BCUT2D eigenvalue weighted by Crippen LogP contribution is 2.47. The summed E-state index contributed by atoms with van der Waals surface area (Å²) in [7, 11) is 2.03. The molecule has 0 bridgehead atoms. The van der Waals surface area contributed by atoms with Crippen LogP contribution in [0.5, 0.6) is 0 Å². The Labute approximate surface area is 89.7 Å². The Hall–Kier alpha value is -1.06. The minimum atomic E-state index is -0.704. The summed E-state index contributed by atoms with van der Waals surface area (Å²) in [4.78, 5) is 2.14. The van der Waals surface area contributed by atoms with Crippen LogP contribution in [0.4, 0.5) is 5.69 Å². The number of fused-ring (bicyclic) bond motifs is 3. The van der Waals surface area contributed by atoms with E-state index in [9.17, 15) is 5.11 Å². The third-order valence-corrected chi connectivity index (χ3v) is 3.65. The second-order valence-corrected chi connectivity index (χ2v) is 4.73. The van der Waals surface area contributed by atoms with Crippen molar-refractivity contribution in [2.24, 2.45) is 0 Å². The number of para-hydroxylation sites is 1. The van der Waals surface area contributed by atoms with Crippen LogP contribution in [0, 0.1) is 0 Å². The van der Waals surface area contributed by atoms with Gasteiger partial charge in [0.05, 0.1) is 0 Å². The molecule has 0 radical (unpaired) electrons. The van der Waals surface area contributed by atoms with Crippen molar-refractivity contribution < 1.29 is 5.11 Å². The Morgan fingerprint density at radius 2 is 2.20 bits per heavy atom. The van der Waals surface area contributed by atoms with E-state index in [4.69, 9.17) is 0 Å². The van der Waals surface area contributed by atoms with E-state index in [-0.39, 0.29) is 6.17 Å². The van der Waals surface area contributed by atoms with Crippen molar-refractivity contribution in [1.29, 1.82) is 0 Å². The van der Waals surface area contributed by atoms with Gasteiger partial charge in [-0.15, -0.1) is 0 Å². The predicted molar refractivity (Wildman–Crippen MR) is 59.7 cm³/mol. The summed E-state index contributed by atoms with van der Waals surface area (Å²) in [5, 5.41) is 14.1. The van der Waals surface area contributed by atoms with Gasteiger partial charge < -0.3 is 10.0 Å². The molecule has 3 nitrogen and oxygen atoms in total. The molecule has 1 aromatic rings. The van der Waals surface area contributed by atoms with Crippen molar-refractivity contribution in [2.45, 2.75) is 31.2 Å². The number of hydrogen-bond acceptors (Lipinski definition) is 3. The molecule has 80 valence electrons. The maximum atomic E-state index is 10.7. The van der Waals surface area contributed by atoms with Crippen molar-refractivity contribution in [2.75, 3.05) is 11.9 Å². The molecular weight excluding hydrogens is 188 g/mol. The highest BCUT2D eigenvalue weighted by molar-refractivity contribution is 5.63. The first-order chi connectivity index (χ1) is 7.13. The molecule has 3 rings (SSSR count). The van der Waals surface area contributed by atoms with Crippen molar-refractivity contribution >= 4 is 5.69 Å². The molecule has 0 unspecified atom stereocenters. The molecule has 15 heavy (non-hydrogen) atoms. The summed E-state index contributed by atoms with van der Waals surface area (Å²) in [6.07, 6.45) is 0.823. The van der Waals surface area contributed by atoms with Crippen LogP contribution in [0.25, 0.3) is 0 Å². The third kappa shape index (κ3) is 1.02. The Kier molecular flexibility index (Phi) is 1.68. The van der Waals surface area contributed by atoms with Crippen LogP contribution in [-0.4, -0.2) is 24.4 Å². The molecule has 1 aromatic carbocycles. The smallest absolute Gasteiger partial charge is 0.127 e. The highest BCUT2D eigenvalue weighted by atomic mass is 16.3. The van der Waals surface area contributed by atoms with Gasteiger partial charge in [0.2, 0.25) is 0 Å². The monoisotopic (exact) mass is 204 g/mol. The van der Waals surface area contributed by atoms with E-state index < -0.39 is 5.60 Å². The lowest BCUT2D eigenvalue weighted by Gasteiger charge is -2.26. The minimum Gasteiger partial charge on any atom is -0.381 e. The molecule has 2 heterocycles. The summed E-state index contributed by atoms with van der Waals surface area (Å²) in [5.74, 6) is 0. The summed E-state index contributed by atoms with van der Waals surface area (Å²) in [6, 6.07) is 8.48. The van der Waals surface area contributed by atoms with E-state index in [1.54, 1.807) is 0 Å². The highest BCUT2D eigenvalue weighted by Gasteiger charge is 2.53. The van der Waals surface area contributed by atoms with Crippen LogP contribution in [-0.2, 0) is 5.60 Å². The predicted octanol–water partition coefficient (Wildman–Crippen LogP) is 1.03.